The van der Waals surface area contributed by atoms with E-state index >= 15 is 0 Å². The number of carbonyl (C=O) groups excluding carboxylic acids is 2. The van der Waals surface area contributed by atoms with Gasteiger partial charge < -0.3 is 9.32 Å². The summed E-state index contributed by atoms with van der Waals surface area (Å²) in [6.45, 7) is 6.08. The Hall–Kier alpha value is -3.18. The van der Waals surface area contributed by atoms with Gasteiger partial charge in [0.15, 0.2) is 0 Å². The van der Waals surface area contributed by atoms with Crippen LogP contribution in [0.1, 0.15) is 36.5 Å². The number of benzene rings is 2. The third-order valence-corrected chi connectivity index (χ3v) is 8.03. The number of hydrogen-bond donors (Lipinski definition) is 1. The number of rotatable bonds is 10. The van der Waals surface area contributed by atoms with Gasteiger partial charge in [-0.05, 0) is 62.7 Å². The van der Waals surface area contributed by atoms with Crippen LogP contribution in [0, 0.1) is 6.92 Å². The Balaban J connectivity index is 1.80. The van der Waals surface area contributed by atoms with Gasteiger partial charge in [0.1, 0.15) is 11.5 Å². The van der Waals surface area contributed by atoms with Crippen LogP contribution in [-0.4, -0.2) is 48.7 Å². The lowest BCUT2D eigenvalue weighted by atomic mass is 10.2. The van der Waals surface area contributed by atoms with Crippen molar-refractivity contribution in [2.45, 2.75) is 38.8 Å². The van der Waals surface area contributed by atoms with Gasteiger partial charge in [0.25, 0.3) is 0 Å². The van der Waals surface area contributed by atoms with Gasteiger partial charge in [0, 0.05) is 29.7 Å². The van der Waals surface area contributed by atoms with Gasteiger partial charge >= 0.3 is 11.8 Å². The molecule has 3 rings (SSSR count). The van der Waals surface area contributed by atoms with Crippen LogP contribution in [-0.2, 0) is 32.7 Å². The highest BCUT2D eigenvalue weighted by atomic mass is 35.5. The molecule has 0 spiro atoms. The number of amides is 2. The number of nitrogens with one attached hydrogen (secondary N) is 1. The predicted molar refractivity (Wildman–Crippen MR) is 146 cm³/mol. The fourth-order valence-corrected chi connectivity index (χ4v) is 5.36. The maximum Gasteiger partial charge on any atom is 0.329 e. The van der Waals surface area contributed by atoms with Crippen molar-refractivity contribution in [3.63, 3.8) is 0 Å². The fraction of sp³-hybridized carbons (Fsp3) is 0.269. The zero-order chi connectivity index (χ0) is 27.9. The van der Waals surface area contributed by atoms with Crippen LogP contribution in [0.15, 0.2) is 69.0 Å². The van der Waals surface area contributed by atoms with E-state index in [1.54, 1.807) is 68.4 Å². The summed E-state index contributed by atoms with van der Waals surface area (Å²) in [4.78, 5) is 25.5. The number of halogens is 2. The zero-order valence-corrected chi connectivity index (χ0v) is 23.5. The molecular weight excluding hydrogens is 551 g/mol. The van der Waals surface area contributed by atoms with Crippen molar-refractivity contribution in [2.75, 3.05) is 13.1 Å². The van der Waals surface area contributed by atoms with Gasteiger partial charge in [-0.15, -0.1) is 0 Å². The topological polar surface area (TPSA) is 112 Å². The summed E-state index contributed by atoms with van der Waals surface area (Å²) >= 11 is 12.3. The van der Waals surface area contributed by atoms with Crippen molar-refractivity contribution in [3.8, 4) is 0 Å². The highest BCUT2D eigenvalue weighted by molar-refractivity contribution is 7.89. The van der Waals surface area contributed by atoms with Gasteiger partial charge in [-0.25, -0.2) is 13.8 Å². The van der Waals surface area contributed by atoms with Gasteiger partial charge in [-0.1, -0.05) is 47.0 Å². The molecule has 2 aromatic carbocycles. The van der Waals surface area contributed by atoms with Crippen molar-refractivity contribution < 1.29 is 22.4 Å². The summed E-state index contributed by atoms with van der Waals surface area (Å²) < 4.78 is 34.1. The molecule has 0 aliphatic heterocycles. The molecule has 0 saturated heterocycles. The minimum Gasteiger partial charge on any atom is -0.459 e. The van der Waals surface area contributed by atoms with Crippen molar-refractivity contribution >= 4 is 51.3 Å². The Morgan fingerprint density at radius 2 is 1.68 bits per heavy atom. The Kier molecular flexibility index (Phi) is 10.1. The van der Waals surface area contributed by atoms with Crippen molar-refractivity contribution in [2.24, 2.45) is 5.10 Å². The SMILES string of the molecule is CCN(CC)C(=O)C(=O)N/N=C/c1ccc(CN(Cc2ccc(Cl)cc2Cl)S(=O)(=O)c2ccc(C)cc2)o1. The molecule has 0 radical (unpaired) electrons. The maximum absolute atomic E-state index is 13.6. The lowest BCUT2D eigenvalue weighted by Crippen LogP contribution is -2.41. The van der Waals surface area contributed by atoms with Crippen LogP contribution in [0.25, 0.3) is 0 Å². The second-order valence-corrected chi connectivity index (χ2v) is 11.1. The second-order valence-electron chi connectivity index (χ2n) is 8.30. The molecule has 1 heterocycles. The van der Waals surface area contributed by atoms with Crippen LogP contribution >= 0.6 is 23.2 Å². The first kappa shape index (κ1) is 29.4. The molecule has 0 aliphatic carbocycles. The Labute approximate surface area is 232 Å². The highest BCUT2D eigenvalue weighted by Crippen LogP contribution is 2.27. The molecule has 0 bridgehead atoms. The molecule has 1 N–H and O–H groups in total. The van der Waals surface area contributed by atoms with Crippen LogP contribution < -0.4 is 5.43 Å². The van der Waals surface area contributed by atoms with Crippen molar-refractivity contribution in [3.05, 3.63) is 87.3 Å². The van der Waals surface area contributed by atoms with E-state index in [2.05, 4.69) is 10.5 Å². The van der Waals surface area contributed by atoms with Crippen molar-refractivity contribution in [1.29, 1.82) is 0 Å². The average molecular weight is 580 g/mol. The van der Waals surface area contributed by atoms with E-state index in [0.717, 1.165) is 5.56 Å². The summed E-state index contributed by atoms with van der Waals surface area (Å²) in [7, 11) is -3.93. The molecule has 12 heteroatoms. The van der Waals surface area contributed by atoms with E-state index in [1.807, 2.05) is 6.92 Å². The van der Waals surface area contributed by atoms with E-state index in [-0.39, 0.29) is 23.7 Å². The lowest BCUT2D eigenvalue weighted by molar-refractivity contribution is -0.145. The quantitative estimate of drug-likeness (QED) is 0.214. The molecule has 202 valence electrons. The Bertz CT molecular complexity index is 1420. The number of hydrogen-bond acceptors (Lipinski definition) is 6. The second kappa shape index (κ2) is 13.1. The number of likely N-dealkylation sites (N-methyl/N-ethyl adjacent to an activating group) is 1. The third-order valence-electron chi connectivity index (χ3n) is 5.64. The molecule has 3 aromatic rings. The van der Waals surface area contributed by atoms with Crippen LogP contribution in [0.2, 0.25) is 10.0 Å². The van der Waals surface area contributed by atoms with E-state index in [0.29, 0.717) is 34.5 Å². The molecule has 0 atom stereocenters. The standard InChI is InChI=1S/C26H28Cl2N4O5S/c1-4-31(5-2)26(34)25(33)30-29-15-21-10-11-22(37-21)17-32(16-19-8-9-20(27)14-24(19)28)38(35,36)23-12-6-18(3)7-13-23/h6-15H,4-5,16-17H2,1-3H3,(H,30,33)/b29-15+. The smallest absolute Gasteiger partial charge is 0.329 e. The molecule has 2 amide bonds. The monoisotopic (exact) mass is 578 g/mol. The average Bonchev–Trinajstić information content (AvgIpc) is 3.33. The summed E-state index contributed by atoms with van der Waals surface area (Å²) in [6.07, 6.45) is 1.23. The number of nitrogens with zero attached hydrogens (tertiary/aromatic N) is 3. The van der Waals surface area contributed by atoms with Gasteiger partial charge in [-0.3, -0.25) is 9.59 Å². The summed E-state index contributed by atoms with van der Waals surface area (Å²) in [5.41, 5.74) is 3.67. The Morgan fingerprint density at radius 1 is 1.00 bits per heavy atom. The fourth-order valence-electron chi connectivity index (χ4n) is 3.50. The normalized spacial score (nSPS) is 11.7. The first-order chi connectivity index (χ1) is 18.0. The minimum absolute atomic E-state index is 0.0279. The molecule has 9 nitrogen and oxygen atoms in total. The van der Waals surface area contributed by atoms with E-state index < -0.39 is 21.8 Å². The van der Waals surface area contributed by atoms with Gasteiger partial charge in [0.2, 0.25) is 10.0 Å². The van der Waals surface area contributed by atoms with E-state index in [1.165, 1.54) is 15.4 Å². The molecule has 1 aromatic heterocycles. The molecule has 0 fully saturated rings. The third kappa shape index (κ3) is 7.44. The first-order valence-corrected chi connectivity index (χ1v) is 14.0. The van der Waals surface area contributed by atoms with Crippen LogP contribution in [0.4, 0.5) is 0 Å². The van der Waals surface area contributed by atoms with Gasteiger partial charge in [0.05, 0.1) is 17.7 Å². The van der Waals surface area contributed by atoms with Crippen LogP contribution in [0.3, 0.4) is 0 Å². The highest BCUT2D eigenvalue weighted by Gasteiger charge is 2.27. The van der Waals surface area contributed by atoms with Crippen LogP contribution in [0.5, 0.6) is 0 Å². The summed E-state index contributed by atoms with van der Waals surface area (Å²) in [6, 6.07) is 14.6. The maximum atomic E-state index is 13.6. The molecule has 38 heavy (non-hydrogen) atoms. The van der Waals surface area contributed by atoms with Crippen molar-refractivity contribution in [1.82, 2.24) is 14.6 Å². The predicted octanol–water partition coefficient (Wildman–Crippen LogP) is 4.60. The number of sulfonamides is 1. The van der Waals surface area contributed by atoms with E-state index in [4.69, 9.17) is 27.6 Å². The molecule has 0 aliphatic rings. The number of aryl methyl sites for hydroxylation is 1. The molecule has 0 saturated carbocycles. The van der Waals surface area contributed by atoms with Gasteiger partial charge in [-0.2, -0.15) is 9.41 Å². The first-order valence-electron chi connectivity index (χ1n) is 11.8. The number of furan rings is 1. The zero-order valence-electron chi connectivity index (χ0n) is 21.1. The van der Waals surface area contributed by atoms with E-state index in [9.17, 15) is 18.0 Å². The number of carbonyl (C=O) groups is 2. The molecule has 0 unspecified atom stereocenters. The summed E-state index contributed by atoms with van der Waals surface area (Å²) in [5.74, 6) is -0.970. The lowest BCUT2D eigenvalue weighted by Gasteiger charge is -2.22. The Morgan fingerprint density at radius 3 is 2.32 bits per heavy atom. The number of hydrazone groups is 1. The largest absolute Gasteiger partial charge is 0.459 e. The minimum atomic E-state index is -3.93. The summed E-state index contributed by atoms with van der Waals surface area (Å²) in [5, 5.41) is 4.55. The molecular formula is C26H28Cl2N4O5S.